The van der Waals surface area contributed by atoms with E-state index in [1.807, 2.05) is 39.0 Å². The Balaban J connectivity index is 1.29. The summed E-state index contributed by atoms with van der Waals surface area (Å²) in [6.45, 7) is 6.76. The van der Waals surface area contributed by atoms with Gasteiger partial charge >= 0.3 is 5.97 Å². The minimum absolute atomic E-state index is 0.115. The number of rotatable bonds is 4. The average molecular weight is 484 g/mol. The van der Waals surface area contributed by atoms with E-state index < -0.39 is 23.2 Å². The lowest BCUT2D eigenvalue weighted by molar-refractivity contribution is -0.145. The number of tetrazole rings is 1. The number of hydrogen-bond donors (Lipinski definition) is 2. The zero-order valence-electron chi connectivity index (χ0n) is 19.1. The van der Waals surface area contributed by atoms with Gasteiger partial charge in [-0.05, 0) is 22.8 Å². The van der Waals surface area contributed by atoms with Crippen molar-refractivity contribution in [2.75, 3.05) is 18.0 Å². The molecule has 2 N–H and O–H groups in total. The van der Waals surface area contributed by atoms with Crippen LogP contribution in [-0.2, 0) is 4.79 Å². The van der Waals surface area contributed by atoms with E-state index in [4.69, 9.17) is 4.74 Å². The Labute approximate surface area is 199 Å². The number of anilines is 1. The summed E-state index contributed by atoms with van der Waals surface area (Å²) in [5.74, 6) is -0.174. The van der Waals surface area contributed by atoms with Crippen molar-refractivity contribution in [2.45, 2.75) is 45.4 Å². The predicted molar refractivity (Wildman–Crippen MR) is 124 cm³/mol. The second kappa shape index (κ2) is 8.05. The number of carbonyl (C=O) groups excluding carboxylic acids is 1. The van der Waals surface area contributed by atoms with Gasteiger partial charge in [0.1, 0.15) is 5.75 Å². The van der Waals surface area contributed by atoms with Crippen molar-refractivity contribution in [3.63, 3.8) is 0 Å². The molecule has 11 nitrogen and oxygen atoms in total. The van der Waals surface area contributed by atoms with Crippen LogP contribution in [-0.4, -0.2) is 61.0 Å². The molecule has 1 spiro atoms. The summed E-state index contributed by atoms with van der Waals surface area (Å²) < 4.78 is 6.21. The SMILES string of the molecule is CC(C)(C)C(C(=O)O)n1nnc(-c2cnc(N3CCC4(CC3)NC(=O)c3ccccc3O4)s2)n1. The Morgan fingerprint density at radius 1 is 1.26 bits per heavy atom. The average Bonchev–Trinajstić information content (AvgIpc) is 3.43. The van der Waals surface area contributed by atoms with Crippen molar-refractivity contribution in [3.8, 4) is 16.5 Å². The number of amides is 1. The number of carboxylic acid groups (broad SMARTS) is 1. The van der Waals surface area contributed by atoms with E-state index in [1.165, 1.54) is 11.3 Å². The highest BCUT2D eigenvalue weighted by Crippen LogP contribution is 2.37. The highest BCUT2D eigenvalue weighted by Gasteiger charge is 2.43. The van der Waals surface area contributed by atoms with E-state index in [0.29, 0.717) is 47.9 Å². The van der Waals surface area contributed by atoms with Gasteiger partial charge in [0.2, 0.25) is 5.82 Å². The molecule has 1 unspecified atom stereocenters. The van der Waals surface area contributed by atoms with E-state index in [2.05, 4.69) is 30.6 Å². The molecule has 0 aliphatic carbocycles. The summed E-state index contributed by atoms with van der Waals surface area (Å²) in [5, 5.41) is 25.8. The molecule has 1 saturated heterocycles. The first kappa shape index (κ1) is 22.3. The number of aliphatic carboxylic acids is 1. The van der Waals surface area contributed by atoms with Gasteiger partial charge < -0.3 is 20.1 Å². The number of piperidine rings is 1. The Kier molecular flexibility index (Phi) is 5.27. The van der Waals surface area contributed by atoms with Crippen LogP contribution in [0.5, 0.6) is 5.75 Å². The molecular weight excluding hydrogens is 458 g/mol. The third kappa shape index (κ3) is 3.98. The van der Waals surface area contributed by atoms with Crippen LogP contribution >= 0.6 is 11.3 Å². The second-order valence-electron chi connectivity index (χ2n) is 9.58. The van der Waals surface area contributed by atoms with Crippen molar-refractivity contribution in [2.24, 2.45) is 5.41 Å². The molecule has 2 aliphatic rings. The molecule has 12 heteroatoms. The lowest BCUT2D eigenvalue weighted by Gasteiger charge is -2.44. The molecule has 4 heterocycles. The first-order chi connectivity index (χ1) is 16.2. The van der Waals surface area contributed by atoms with Gasteiger partial charge in [0.05, 0.1) is 16.6 Å². The molecule has 1 fully saturated rings. The summed E-state index contributed by atoms with van der Waals surface area (Å²) in [6, 6.07) is 6.33. The maximum absolute atomic E-state index is 12.6. The van der Waals surface area contributed by atoms with E-state index in [0.717, 1.165) is 9.93 Å². The highest BCUT2D eigenvalue weighted by atomic mass is 32.1. The molecule has 0 bridgehead atoms. The summed E-state index contributed by atoms with van der Waals surface area (Å²) in [5.41, 5.74) is -0.744. The molecule has 3 aromatic rings. The maximum atomic E-state index is 12.6. The molecule has 5 rings (SSSR count). The third-order valence-electron chi connectivity index (χ3n) is 6.05. The fourth-order valence-electron chi connectivity index (χ4n) is 4.30. The van der Waals surface area contributed by atoms with E-state index in [9.17, 15) is 14.7 Å². The van der Waals surface area contributed by atoms with Crippen molar-refractivity contribution in [3.05, 3.63) is 36.0 Å². The zero-order valence-corrected chi connectivity index (χ0v) is 19.9. The molecule has 0 radical (unpaired) electrons. The van der Waals surface area contributed by atoms with E-state index in [-0.39, 0.29) is 5.91 Å². The number of ether oxygens (including phenoxy) is 1. The topological polar surface area (TPSA) is 135 Å². The second-order valence-corrected chi connectivity index (χ2v) is 10.6. The molecule has 0 saturated carbocycles. The number of carboxylic acids is 1. The highest BCUT2D eigenvalue weighted by molar-refractivity contribution is 7.18. The summed E-state index contributed by atoms with van der Waals surface area (Å²) in [7, 11) is 0. The van der Waals surface area contributed by atoms with Crippen LogP contribution in [0, 0.1) is 5.41 Å². The molecular formula is C22H25N7O4S. The first-order valence-corrected chi connectivity index (χ1v) is 11.8. The van der Waals surface area contributed by atoms with Crippen LogP contribution in [0.15, 0.2) is 30.5 Å². The fraction of sp³-hybridized carbons (Fsp3) is 0.455. The van der Waals surface area contributed by atoms with Gasteiger partial charge in [0.15, 0.2) is 16.9 Å². The number of para-hydroxylation sites is 1. The lowest BCUT2D eigenvalue weighted by atomic mass is 9.87. The van der Waals surface area contributed by atoms with E-state index in [1.54, 1.807) is 12.3 Å². The Hall–Kier alpha value is -3.54. The van der Waals surface area contributed by atoms with Gasteiger partial charge in [-0.2, -0.15) is 0 Å². The lowest BCUT2D eigenvalue weighted by Crippen LogP contribution is -2.61. The normalized spacial score (nSPS) is 18.2. The van der Waals surface area contributed by atoms with Crippen molar-refractivity contribution < 1.29 is 19.4 Å². The number of benzene rings is 1. The number of hydrogen-bond acceptors (Lipinski definition) is 9. The van der Waals surface area contributed by atoms with Crippen LogP contribution in [0.4, 0.5) is 5.13 Å². The van der Waals surface area contributed by atoms with Crippen LogP contribution in [0.3, 0.4) is 0 Å². The van der Waals surface area contributed by atoms with Crippen LogP contribution in [0.1, 0.15) is 50.0 Å². The smallest absolute Gasteiger partial charge is 0.331 e. The largest absolute Gasteiger partial charge is 0.480 e. The monoisotopic (exact) mass is 483 g/mol. The van der Waals surface area contributed by atoms with Crippen molar-refractivity contribution in [1.82, 2.24) is 30.5 Å². The summed E-state index contributed by atoms with van der Waals surface area (Å²) in [6.07, 6.45) is 2.90. The Morgan fingerprint density at radius 3 is 2.71 bits per heavy atom. The number of nitrogens with zero attached hydrogens (tertiary/aromatic N) is 6. The van der Waals surface area contributed by atoms with E-state index >= 15 is 0 Å². The number of thiazole rings is 1. The summed E-state index contributed by atoms with van der Waals surface area (Å²) in [4.78, 5) is 32.8. The van der Waals surface area contributed by atoms with Crippen LogP contribution in [0.2, 0.25) is 0 Å². The molecule has 34 heavy (non-hydrogen) atoms. The summed E-state index contributed by atoms with van der Waals surface area (Å²) >= 11 is 1.42. The van der Waals surface area contributed by atoms with Gasteiger partial charge in [0, 0.05) is 25.9 Å². The first-order valence-electron chi connectivity index (χ1n) is 11.0. The molecule has 1 amide bonds. The zero-order chi connectivity index (χ0) is 24.1. The quantitative estimate of drug-likeness (QED) is 0.574. The van der Waals surface area contributed by atoms with Gasteiger partial charge in [-0.25, -0.2) is 9.78 Å². The number of nitrogens with one attached hydrogen (secondary N) is 1. The van der Waals surface area contributed by atoms with Crippen LogP contribution in [0.25, 0.3) is 10.7 Å². The minimum Gasteiger partial charge on any atom is -0.480 e. The maximum Gasteiger partial charge on any atom is 0.331 e. The number of aromatic nitrogens is 5. The Bertz CT molecular complexity index is 1240. The van der Waals surface area contributed by atoms with Gasteiger partial charge in [-0.1, -0.05) is 44.2 Å². The molecule has 2 aliphatic heterocycles. The minimum atomic E-state index is -1.01. The molecule has 1 atom stereocenters. The molecule has 178 valence electrons. The fourth-order valence-corrected chi connectivity index (χ4v) is 5.20. The third-order valence-corrected chi connectivity index (χ3v) is 7.10. The Morgan fingerprint density at radius 2 is 2.00 bits per heavy atom. The van der Waals surface area contributed by atoms with Gasteiger partial charge in [-0.3, -0.25) is 4.79 Å². The van der Waals surface area contributed by atoms with Gasteiger partial charge in [0.25, 0.3) is 5.91 Å². The van der Waals surface area contributed by atoms with Crippen LogP contribution < -0.4 is 15.0 Å². The number of fused-ring (bicyclic) bond motifs is 1. The molecule has 2 aromatic heterocycles. The van der Waals surface area contributed by atoms with Crippen molar-refractivity contribution in [1.29, 1.82) is 0 Å². The number of carbonyl (C=O) groups is 2. The standard InChI is InChI=1S/C22H25N7O4S/c1-21(2,3)16(19(31)32)29-26-17(25-27-29)15-12-23-20(34-15)28-10-8-22(9-11-28)24-18(30)13-6-4-5-7-14(13)33-22/h4-7,12,16H,8-11H2,1-3H3,(H,24,30)(H,31,32). The predicted octanol–water partition coefficient (Wildman–Crippen LogP) is 2.59. The van der Waals surface area contributed by atoms with Crippen molar-refractivity contribution >= 4 is 28.3 Å². The van der Waals surface area contributed by atoms with Gasteiger partial charge in [-0.15, -0.1) is 15.0 Å². The molecule has 1 aromatic carbocycles.